The zero-order valence-electron chi connectivity index (χ0n) is 11.2. The van der Waals surface area contributed by atoms with Gasteiger partial charge < -0.3 is 10.4 Å². The van der Waals surface area contributed by atoms with E-state index in [1.165, 1.54) is 0 Å². The number of carbonyl (C=O) groups excluding carboxylic acids is 1. The second kappa shape index (κ2) is 5.42. The second-order valence-corrected chi connectivity index (χ2v) is 5.04. The molecule has 1 heterocycles. The van der Waals surface area contributed by atoms with Crippen LogP contribution in [-0.4, -0.2) is 32.8 Å². The van der Waals surface area contributed by atoms with E-state index < -0.39 is 5.97 Å². The van der Waals surface area contributed by atoms with Crippen molar-refractivity contribution < 1.29 is 14.7 Å². The number of hydrogen-bond acceptors (Lipinski definition) is 3. The fraction of sp³-hybridized carbons (Fsp3) is 0.615. The summed E-state index contributed by atoms with van der Waals surface area (Å²) in [5.74, 6) is -1.25. The number of carboxylic acid groups (broad SMARTS) is 1. The van der Waals surface area contributed by atoms with Gasteiger partial charge in [-0.25, -0.2) is 0 Å². The molecule has 19 heavy (non-hydrogen) atoms. The van der Waals surface area contributed by atoms with Crippen LogP contribution < -0.4 is 5.32 Å². The summed E-state index contributed by atoms with van der Waals surface area (Å²) >= 11 is 0. The van der Waals surface area contributed by atoms with Crippen molar-refractivity contribution in [1.82, 2.24) is 15.1 Å². The van der Waals surface area contributed by atoms with Crippen molar-refractivity contribution in [1.29, 1.82) is 0 Å². The van der Waals surface area contributed by atoms with E-state index in [1.807, 2.05) is 6.92 Å². The molecule has 0 saturated heterocycles. The smallest absolute Gasteiger partial charge is 0.306 e. The van der Waals surface area contributed by atoms with E-state index in [-0.39, 0.29) is 17.9 Å². The van der Waals surface area contributed by atoms with E-state index in [0.717, 1.165) is 12.1 Å². The van der Waals surface area contributed by atoms with Crippen molar-refractivity contribution in [2.45, 2.75) is 38.6 Å². The summed E-state index contributed by atoms with van der Waals surface area (Å²) in [6.07, 6.45) is 4.28. The molecule has 2 atom stereocenters. The Morgan fingerprint density at radius 3 is 2.84 bits per heavy atom. The number of nitrogens with one attached hydrogen (secondary N) is 1. The quantitative estimate of drug-likeness (QED) is 0.849. The Morgan fingerprint density at radius 2 is 2.26 bits per heavy atom. The molecule has 6 heteroatoms. The Labute approximate surface area is 111 Å². The molecule has 1 aliphatic carbocycles. The summed E-state index contributed by atoms with van der Waals surface area (Å²) in [7, 11) is 1.78. The number of carbonyl (C=O) groups is 2. The van der Waals surface area contributed by atoms with E-state index in [2.05, 4.69) is 10.4 Å². The lowest BCUT2D eigenvalue weighted by atomic mass is 10.1. The predicted octanol–water partition coefficient (Wildman–Crippen LogP) is 0.966. The van der Waals surface area contributed by atoms with Gasteiger partial charge in [-0.15, -0.1) is 0 Å². The van der Waals surface area contributed by atoms with Gasteiger partial charge >= 0.3 is 5.97 Å². The number of nitrogens with zero attached hydrogens (tertiary/aromatic N) is 2. The monoisotopic (exact) mass is 265 g/mol. The molecule has 1 fully saturated rings. The van der Waals surface area contributed by atoms with Gasteiger partial charge in [0.25, 0.3) is 5.91 Å². The van der Waals surface area contributed by atoms with Gasteiger partial charge in [0.05, 0.1) is 17.2 Å². The minimum absolute atomic E-state index is 0.0430. The summed E-state index contributed by atoms with van der Waals surface area (Å²) in [4.78, 5) is 23.0. The average molecular weight is 265 g/mol. The van der Waals surface area contributed by atoms with Crippen molar-refractivity contribution in [3.8, 4) is 0 Å². The first-order valence-corrected chi connectivity index (χ1v) is 6.57. The third kappa shape index (κ3) is 2.94. The maximum absolute atomic E-state index is 12.2. The van der Waals surface area contributed by atoms with Crippen molar-refractivity contribution in [2.75, 3.05) is 0 Å². The van der Waals surface area contributed by atoms with Gasteiger partial charge in [0.1, 0.15) is 0 Å². The molecular formula is C13H19N3O3. The molecule has 0 aliphatic heterocycles. The van der Waals surface area contributed by atoms with E-state index in [9.17, 15) is 9.59 Å². The lowest BCUT2D eigenvalue weighted by molar-refractivity contribution is -0.141. The van der Waals surface area contributed by atoms with Crippen LogP contribution in [0.15, 0.2) is 6.20 Å². The van der Waals surface area contributed by atoms with Crippen LogP contribution in [0.5, 0.6) is 0 Å². The van der Waals surface area contributed by atoms with Crippen LogP contribution >= 0.6 is 0 Å². The van der Waals surface area contributed by atoms with Crippen LogP contribution in [0, 0.1) is 5.92 Å². The minimum Gasteiger partial charge on any atom is -0.481 e. The van der Waals surface area contributed by atoms with Crippen molar-refractivity contribution in [3.05, 3.63) is 17.5 Å². The maximum atomic E-state index is 12.2. The van der Waals surface area contributed by atoms with E-state index >= 15 is 0 Å². The number of aryl methyl sites for hydroxylation is 2. The molecule has 2 rings (SSSR count). The lowest BCUT2D eigenvalue weighted by Gasteiger charge is -2.12. The number of carboxylic acids is 1. The Kier molecular flexibility index (Phi) is 3.87. The third-order valence-electron chi connectivity index (χ3n) is 3.60. The summed E-state index contributed by atoms with van der Waals surface area (Å²) in [6.45, 7) is 1.95. The van der Waals surface area contributed by atoms with Crippen LogP contribution in [0.4, 0.5) is 0 Å². The van der Waals surface area contributed by atoms with Crippen LogP contribution in [0.1, 0.15) is 42.2 Å². The topological polar surface area (TPSA) is 84.2 Å². The van der Waals surface area contributed by atoms with Gasteiger partial charge in [-0.05, 0) is 25.7 Å². The molecule has 1 aromatic rings. The highest BCUT2D eigenvalue weighted by Crippen LogP contribution is 2.26. The Hall–Kier alpha value is -1.85. The SMILES string of the molecule is CCc1nn(C)cc1C(=O)N[C@H]1CC[C@@H](C(=O)O)C1. The van der Waals surface area contributed by atoms with Gasteiger partial charge in [0.2, 0.25) is 0 Å². The molecule has 1 aliphatic rings. The zero-order chi connectivity index (χ0) is 14.0. The highest BCUT2D eigenvalue weighted by atomic mass is 16.4. The number of hydrogen-bond donors (Lipinski definition) is 2. The molecule has 0 unspecified atom stereocenters. The Bertz CT molecular complexity index is 495. The fourth-order valence-electron chi connectivity index (χ4n) is 2.59. The molecule has 2 N–H and O–H groups in total. The standard InChI is InChI=1S/C13H19N3O3/c1-3-11-10(7-16(2)15-11)12(17)14-9-5-4-8(6-9)13(18)19/h7-9H,3-6H2,1-2H3,(H,14,17)(H,18,19)/t8-,9+/m1/s1. The molecule has 1 saturated carbocycles. The van der Waals surface area contributed by atoms with Crippen molar-refractivity contribution >= 4 is 11.9 Å². The highest BCUT2D eigenvalue weighted by Gasteiger charge is 2.31. The Balaban J connectivity index is 2.00. The van der Waals surface area contributed by atoms with Gasteiger partial charge in [-0.1, -0.05) is 6.92 Å². The summed E-state index contributed by atoms with van der Waals surface area (Å²) < 4.78 is 1.63. The average Bonchev–Trinajstić information content (AvgIpc) is 2.95. The van der Waals surface area contributed by atoms with Gasteiger partial charge in [0, 0.05) is 19.3 Å². The van der Waals surface area contributed by atoms with Crippen LogP contribution in [0.2, 0.25) is 0 Å². The molecular weight excluding hydrogens is 246 g/mol. The fourth-order valence-corrected chi connectivity index (χ4v) is 2.59. The zero-order valence-corrected chi connectivity index (χ0v) is 11.2. The molecule has 0 bridgehead atoms. The first-order valence-electron chi connectivity index (χ1n) is 6.57. The van der Waals surface area contributed by atoms with Gasteiger partial charge in [-0.2, -0.15) is 5.10 Å². The molecule has 1 amide bonds. The number of aliphatic carboxylic acids is 1. The molecule has 104 valence electrons. The first-order chi connectivity index (χ1) is 9.01. The van der Waals surface area contributed by atoms with Crippen LogP contribution in [0.25, 0.3) is 0 Å². The first kappa shape index (κ1) is 13.6. The largest absolute Gasteiger partial charge is 0.481 e. The second-order valence-electron chi connectivity index (χ2n) is 5.04. The third-order valence-corrected chi connectivity index (χ3v) is 3.60. The van der Waals surface area contributed by atoms with E-state index in [1.54, 1.807) is 17.9 Å². The minimum atomic E-state index is -0.771. The van der Waals surface area contributed by atoms with E-state index in [0.29, 0.717) is 24.8 Å². The highest BCUT2D eigenvalue weighted by molar-refractivity contribution is 5.95. The van der Waals surface area contributed by atoms with Crippen molar-refractivity contribution in [2.24, 2.45) is 13.0 Å². The molecule has 0 aromatic carbocycles. The molecule has 0 spiro atoms. The summed E-state index contributed by atoms with van der Waals surface area (Å²) in [5.41, 5.74) is 1.36. The molecule has 1 aromatic heterocycles. The Morgan fingerprint density at radius 1 is 1.53 bits per heavy atom. The maximum Gasteiger partial charge on any atom is 0.306 e. The summed E-state index contributed by atoms with van der Waals surface area (Å²) in [5, 5.41) is 16.1. The normalized spacial score (nSPS) is 22.4. The summed E-state index contributed by atoms with van der Waals surface area (Å²) in [6, 6.07) is -0.0430. The van der Waals surface area contributed by atoms with Gasteiger partial charge in [0.15, 0.2) is 0 Å². The molecule has 0 radical (unpaired) electrons. The van der Waals surface area contributed by atoms with Crippen LogP contribution in [-0.2, 0) is 18.3 Å². The van der Waals surface area contributed by atoms with E-state index in [4.69, 9.17) is 5.11 Å². The number of rotatable bonds is 4. The lowest BCUT2D eigenvalue weighted by Crippen LogP contribution is -2.33. The van der Waals surface area contributed by atoms with Crippen LogP contribution in [0.3, 0.4) is 0 Å². The van der Waals surface area contributed by atoms with Gasteiger partial charge in [-0.3, -0.25) is 14.3 Å². The number of aromatic nitrogens is 2. The van der Waals surface area contributed by atoms with Crippen molar-refractivity contribution in [3.63, 3.8) is 0 Å². The number of amides is 1. The molecule has 6 nitrogen and oxygen atoms in total. The predicted molar refractivity (Wildman–Crippen MR) is 68.8 cm³/mol.